The van der Waals surface area contributed by atoms with Gasteiger partial charge < -0.3 is 9.63 Å². The lowest BCUT2D eigenvalue weighted by atomic mass is 10.2. The van der Waals surface area contributed by atoms with E-state index in [2.05, 4.69) is 30.9 Å². The lowest BCUT2D eigenvalue weighted by Crippen LogP contribution is -2.07. The summed E-state index contributed by atoms with van der Waals surface area (Å²) < 4.78 is 5.30. The van der Waals surface area contributed by atoms with Crippen molar-refractivity contribution in [2.75, 3.05) is 0 Å². The predicted octanol–water partition coefficient (Wildman–Crippen LogP) is 2.41. The number of aryl methyl sites for hydroxylation is 1. The third-order valence-electron chi connectivity index (χ3n) is 1.92. The van der Waals surface area contributed by atoms with Crippen LogP contribution in [-0.4, -0.2) is 26.1 Å². The highest BCUT2D eigenvalue weighted by Gasteiger charge is 2.14. The third kappa shape index (κ3) is 5.51. The summed E-state index contributed by atoms with van der Waals surface area (Å²) in [6, 6.07) is 0. The van der Waals surface area contributed by atoms with E-state index >= 15 is 0 Å². The van der Waals surface area contributed by atoms with Crippen LogP contribution in [-0.2, 0) is 12.2 Å². The van der Waals surface area contributed by atoms with Crippen molar-refractivity contribution in [1.82, 2.24) is 10.1 Å². The molecule has 1 unspecified atom stereocenters. The molecule has 0 saturated carbocycles. The van der Waals surface area contributed by atoms with Gasteiger partial charge >= 0.3 is 0 Å². The van der Waals surface area contributed by atoms with E-state index in [0.717, 1.165) is 11.6 Å². The first kappa shape index (κ1) is 13.5. The van der Waals surface area contributed by atoms with Gasteiger partial charge in [0, 0.05) is 11.2 Å². The van der Waals surface area contributed by atoms with E-state index < -0.39 is 0 Å². The Bertz CT molecular complexity index is 318. The van der Waals surface area contributed by atoms with Crippen LogP contribution in [0, 0.1) is 0 Å². The zero-order valence-electron chi connectivity index (χ0n) is 10.4. The fraction of sp³-hybridized carbons (Fsp3) is 0.818. The molecule has 1 rings (SSSR count). The summed E-state index contributed by atoms with van der Waals surface area (Å²) in [7, 11) is 0. The summed E-state index contributed by atoms with van der Waals surface area (Å²) >= 11 is 1.79. The number of nitrogens with zero attached hydrogens (tertiary/aromatic N) is 2. The normalized spacial score (nSPS) is 14.1. The van der Waals surface area contributed by atoms with Gasteiger partial charge in [-0.15, -0.1) is 11.8 Å². The fourth-order valence-corrected chi connectivity index (χ4v) is 1.74. The molecular weight excluding hydrogens is 224 g/mol. The highest BCUT2D eigenvalue weighted by atomic mass is 32.2. The van der Waals surface area contributed by atoms with Gasteiger partial charge in [-0.05, 0) is 13.3 Å². The molecule has 1 aromatic heterocycles. The van der Waals surface area contributed by atoms with Crippen molar-refractivity contribution in [3.05, 3.63) is 11.7 Å². The Morgan fingerprint density at radius 2 is 2.12 bits per heavy atom. The van der Waals surface area contributed by atoms with Crippen molar-refractivity contribution in [3.8, 4) is 0 Å². The molecule has 92 valence electrons. The number of aliphatic hydroxyl groups is 1. The van der Waals surface area contributed by atoms with Crippen molar-refractivity contribution in [2.24, 2.45) is 0 Å². The monoisotopic (exact) mass is 244 g/mol. The number of hydrogen-bond acceptors (Lipinski definition) is 5. The molecule has 1 N–H and O–H groups in total. The molecule has 1 heterocycles. The molecule has 1 atom stereocenters. The average molecular weight is 244 g/mol. The molecule has 0 aliphatic rings. The van der Waals surface area contributed by atoms with E-state index in [0.29, 0.717) is 18.7 Å². The van der Waals surface area contributed by atoms with Crippen molar-refractivity contribution in [1.29, 1.82) is 0 Å². The minimum absolute atomic E-state index is 0.209. The van der Waals surface area contributed by atoms with Crippen LogP contribution >= 0.6 is 11.8 Å². The highest BCUT2D eigenvalue weighted by Crippen LogP contribution is 2.26. The zero-order valence-corrected chi connectivity index (χ0v) is 11.2. The van der Waals surface area contributed by atoms with Crippen LogP contribution in [0.25, 0.3) is 0 Å². The molecule has 0 fully saturated rings. The molecule has 0 radical (unpaired) electrons. The Hall–Kier alpha value is -0.550. The van der Waals surface area contributed by atoms with E-state index in [9.17, 15) is 0 Å². The standard InChI is InChI=1S/C11H20N2O2S/c1-8(14)5-6-10-12-9(13-15-10)7-16-11(2,3)4/h8,14H,5-7H2,1-4H3. The van der Waals surface area contributed by atoms with Crippen LogP contribution in [0.15, 0.2) is 4.52 Å². The quantitative estimate of drug-likeness (QED) is 0.862. The first-order chi connectivity index (χ1) is 7.37. The molecule has 0 aromatic carbocycles. The van der Waals surface area contributed by atoms with E-state index in [1.54, 1.807) is 18.7 Å². The third-order valence-corrected chi connectivity index (χ3v) is 3.19. The number of aromatic nitrogens is 2. The Kier molecular flexibility index (Phi) is 4.80. The van der Waals surface area contributed by atoms with Crippen LogP contribution in [0.1, 0.15) is 45.8 Å². The molecule has 4 nitrogen and oxygen atoms in total. The topological polar surface area (TPSA) is 59.2 Å². The molecule has 0 bridgehead atoms. The smallest absolute Gasteiger partial charge is 0.226 e. The van der Waals surface area contributed by atoms with Gasteiger partial charge in [0.15, 0.2) is 5.82 Å². The second-order valence-electron chi connectivity index (χ2n) is 4.89. The second kappa shape index (κ2) is 5.68. The Labute approximate surface area is 101 Å². The first-order valence-electron chi connectivity index (χ1n) is 5.50. The lowest BCUT2D eigenvalue weighted by molar-refractivity contribution is 0.180. The summed E-state index contributed by atoms with van der Waals surface area (Å²) in [4.78, 5) is 4.28. The van der Waals surface area contributed by atoms with Crippen molar-refractivity contribution >= 4 is 11.8 Å². The Balaban J connectivity index is 2.39. The van der Waals surface area contributed by atoms with E-state index in [1.807, 2.05) is 0 Å². The maximum absolute atomic E-state index is 9.14. The Morgan fingerprint density at radius 1 is 1.44 bits per heavy atom. The summed E-state index contributed by atoms with van der Waals surface area (Å²) in [6.07, 6.45) is 0.984. The van der Waals surface area contributed by atoms with Crippen molar-refractivity contribution in [3.63, 3.8) is 0 Å². The largest absolute Gasteiger partial charge is 0.393 e. The van der Waals surface area contributed by atoms with Gasteiger partial charge in [0.25, 0.3) is 0 Å². The molecule has 5 heteroatoms. The second-order valence-corrected chi connectivity index (χ2v) is 6.70. The molecule has 0 aliphatic heterocycles. The van der Waals surface area contributed by atoms with Gasteiger partial charge in [-0.25, -0.2) is 0 Å². The van der Waals surface area contributed by atoms with E-state index in [-0.39, 0.29) is 10.9 Å². The van der Waals surface area contributed by atoms with Gasteiger partial charge in [0.05, 0.1) is 11.9 Å². The molecule has 0 saturated heterocycles. The number of aliphatic hydroxyl groups excluding tert-OH is 1. The maximum Gasteiger partial charge on any atom is 0.226 e. The molecular formula is C11H20N2O2S. The summed E-state index contributed by atoms with van der Waals surface area (Å²) in [5, 5.41) is 13.0. The molecule has 1 aromatic rings. The van der Waals surface area contributed by atoms with Crippen LogP contribution < -0.4 is 0 Å². The van der Waals surface area contributed by atoms with Gasteiger partial charge in [0.1, 0.15) is 0 Å². The molecule has 0 aliphatic carbocycles. The van der Waals surface area contributed by atoms with E-state index in [1.165, 1.54) is 0 Å². The first-order valence-corrected chi connectivity index (χ1v) is 6.49. The van der Waals surface area contributed by atoms with Crippen LogP contribution in [0.3, 0.4) is 0 Å². The van der Waals surface area contributed by atoms with Crippen LogP contribution in [0.5, 0.6) is 0 Å². The van der Waals surface area contributed by atoms with Crippen molar-refractivity contribution in [2.45, 2.75) is 57.1 Å². The summed E-state index contributed by atoms with van der Waals surface area (Å²) in [5.74, 6) is 2.12. The maximum atomic E-state index is 9.14. The number of rotatable bonds is 5. The van der Waals surface area contributed by atoms with Gasteiger partial charge in [-0.2, -0.15) is 4.98 Å². The molecule has 0 spiro atoms. The predicted molar refractivity (Wildman–Crippen MR) is 65.3 cm³/mol. The van der Waals surface area contributed by atoms with Crippen LogP contribution in [0.2, 0.25) is 0 Å². The molecule has 0 amide bonds. The highest BCUT2D eigenvalue weighted by molar-refractivity contribution is 7.99. The fourth-order valence-electron chi connectivity index (χ4n) is 1.06. The zero-order chi connectivity index (χ0) is 12.2. The summed E-state index contributed by atoms with van der Waals surface area (Å²) in [5.41, 5.74) is 0. The average Bonchev–Trinajstić information content (AvgIpc) is 2.58. The molecule has 16 heavy (non-hydrogen) atoms. The summed E-state index contributed by atoms with van der Waals surface area (Å²) in [6.45, 7) is 8.23. The van der Waals surface area contributed by atoms with Crippen LogP contribution in [0.4, 0.5) is 0 Å². The van der Waals surface area contributed by atoms with Gasteiger partial charge in [0.2, 0.25) is 5.89 Å². The van der Waals surface area contributed by atoms with Gasteiger partial charge in [-0.1, -0.05) is 25.9 Å². The lowest BCUT2D eigenvalue weighted by Gasteiger charge is -2.15. The minimum atomic E-state index is -0.320. The SMILES string of the molecule is CC(O)CCc1nc(CSC(C)(C)C)no1. The van der Waals surface area contributed by atoms with E-state index in [4.69, 9.17) is 9.63 Å². The number of thioether (sulfide) groups is 1. The Morgan fingerprint density at radius 3 is 2.69 bits per heavy atom. The van der Waals surface area contributed by atoms with Gasteiger partial charge in [-0.3, -0.25) is 0 Å². The minimum Gasteiger partial charge on any atom is -0.393 e. The number of hydrogen-bond donors (Lipinski definition) is 1. The van der Waals surface area contributed by atoms with Crippen molar-refractivity contribution < 1.29 is 9.63 Å².